The van der Waals surface area contributed by atoms with Crippen LogP contribution in [0.1, 0.15) is 53.9 Å². The smallest absolute Gasteiger partial charge is 0.327 e. The lowest BCUT2D eigenvalue weighted by Gasteiger charge is -2.35. The SMILES string of the molecule is Cc1ccc(C)c(NC(=O)Cc2nc(COC(=O)CN3C(=O)N(C)C4(CCCCC4)C3=O)cs2)c1. The minimum Gasteiger partial charge on any atom is -0.458 e. The summed E-state index contributed by atoms with van der Waals surface area (Å²) in [4.78, 5) is 57.3. The fourth-order valence-corrected chi connectivity index (χ4v) is 5.48. The van der Waals surface area contributed by atoms with Crippen LogP contribution in [0.5, 0.6) is 0 Å². The van der Waals surface area contributed by atoms with Crippen LogP contribution in [-0.2, 0) is 32.1 Å². The van der Waals surface area contributed by atoms with Gasteiger partial charge in [-0.25, -0.2) is 9.78 Å². The van der Waals surface area contributed by atoms with Crippen molar-refractivity contribution < 1.29 is 23.9 Å². The Labute approximate surface area is 208 Å². The van der Waals surface area contributed by atoms with E-state index in [1.54, 1.807) is 12.4 Å². The highest BCUT2D eigenvalue weighted by Gasteiger charge is 2.55. The van der Waals surface area contributed by atoms with Crippen molar-refractivity contribution >= 4 is 40.8 Å². The maximum absolute atomic E-state index is 13.0. The number of anilines is 1. The number of hydrogen-bond donors (Lipinski definition) is 1. The van der Waals surface area contributed by atoms with E-state index in [2.05, 4.69) is 10.3 Å². The number of aromatic nitrogens is 1. The first-order valence-corrected chi connectivity index (χ1v) is 12.6. The number of nitrogens with zero attached hydrogens (tertiary/aromatic N) is 3. The van der Waals surface area contributed by atoms with Crippen LogP contribution < -0.4 is 5.32 Å². The molecule has 4 rings (SSSR count). The summed E-state index contributed by atoms with van der Waals surface area (Å²) in [5.41, 5.74) is 2.50. The van der Waals surface area contributed by atoms with Crippen LogP contribution in [0.4, 0.5) is 10.5 Å². The van der Waals surface area contributed by atoms with E-state index < -0.39 is 24.1 Å². The molecular formula is C25H30N4O5S. The van der Waals surface area contributed by atoms with Crippen molar-refractivity contribution in [3.63, 3.8) is 0 Å². The summed E-state index contributed by atoms with van der Waals surface area (Å²) in [5, 5.41) is 5.23. The van der Waals surface area contributed by atoms with Crippen LogP contribution in [0, 0.1) is 13.8 Å². The van der Waals surface area contributed by atoms with Gasteiger partial charge in [-0.15, -0.1) is 11.3 Å². The average Bonchev–Trinajstić information content (AvgIpc) is 3.34. The van der Waals surface area contributed by atoms with Gasteiger partial charge in [0.05, 0.1) is 12.1 Å². The van der Waals surface area contributed by atoms with Crippen molar-refractivity contribution in [2.45, 2.75) is 64.5 Å². The van der Waals surface area contributed by atoms with Crippen molar-refractivity contribution in [2.75, 3.05) is 18.9 Å². The van der Waals surface area contributed by atoms with Gasteiger partial charge in [-0.3, -0.25) is 19.3 Å². The number of thiazole rings is 1. The highest BCUT2D eigenvalue weighted by Crippen LogP contribution is 2.39. The maximum atomic E-state index is 13.0. The minimum atomic E-state index is -0.822. The van der Waals surface area contributed by atoms with Crippen LogP contribution in [0.25, 0.3) is 0 Å². The number of carbonyl (C=O) groups excluding carboxylic acids is 4. The minimum absolute atomic E-state index is 0.0921. The van der Waals surface area contributed by atoms with Crippen LogP contribution in [0.3, 0.4) is 0 Å². The first-order valence-electron chi connectivity index (χ1n) is 11.8. The van der Waals surface area contributed by atoms with E-state index >= 15 is 0 Å². The number of urea groups is 1. The fraction of sp³-hybridized carbons (Fsp3) is 0.480. The zero-order valence-corrected chi connectivity index (χ0v) is 21.1. The lowest BCUT2D eigenvalue weighted by molar-refractivity contribution is -0.149. The quantitative estimate of drug-likeness (QED) is 0.462. The third-order valence-electron chi connectivity index (χ3n) is 6.73. The molecule has 1 N–H and O–H groups in total. The van der Waals surface area contributed by atoms with Gasteiger partial charge in [-0.05, 0) is 43.9 Å². The molecule has 1 spiro atoms. The van der Waals surface area contributed by atoms with Gasteiger partial charge in [0.25, 0.3) is 5.91 Å². The first kappa shape index (κ1) is 24.8. The van der Waals surface area contributed by atoms with Crippen molar-refractivity contribution in [3.05, 3.63) is 45.4 Å². The van der Waals surface area contributed by atoms with E-state index in [-0.39, 0.29) is 24.8 Å². The molecule has 2 fully saturated rings. The van der Waals surface area contributed by atoms with Crippen molar-refractivity contribution in [1.29, 1.82) is 0 Å². The molecule has 2 heterocycles. The van der Waals surface area contributed by atoms with Crippen LogP contribution in [0.2, 0.25) is 0 Å². The van der Waals surface area contributed by atoms with Gasteiger partial charge in [-0.1, -0.05) is 31.4 Å². The van der Waals surface area contributed by atoms with Gasteiger partial charge in [0.1, 0.15) is 23.7 Å². The predicted octanol–water partition coefficient (Wildman–Crippen LogP) is 3.58. The maximum Gasteiger partial charge on any atom is 0.327 e. The Balaban J connectivity index is 1.28. The average molecular weight is 499 g/mol. The summed E-state index contributed by atoms with van der Waals surface area (Å²) in [6.45, 7) is 3.39. The van der Waals surface area contributed by atoms with Crippen LogP contribution in [-0.4, -0.2) is 57.7 Å². The number of ether oxygens (including phenoxy) is 1. The molecule has 1 aromatic heterocycles. The summed E-state index contributed by atoms with van der Waals surface area (Å²) >= 11 is 1.31. The molecule has 0 bridgehead atoms. The summed E-state index contributed by atoms with van der Waals surface area (Å²) in [6, 6.07) is 5.40. The Hall–Kier alpha value is -3.27. The third kappa shape index (κ3) is 5.22. The number of amides is 4. The van der Waals surface area contributed by atoms with E-state index in [0.717, 1.165) is 41.0 Å². The Morgan fingerprint density at radius 3 is 2.66 bits per heavy atom. The number of nitrogens with one attached hydrogen (secondary N) is 1. The zero-order valence-electron chi connectivity index (χ0n) is 20.3. The molecule has 186 valence electrons. The monoisotopic (exact) mass is 498 g/mol. The zero-order chi connectivity index (χ0) is 25.2. The second-order valence-electron chi connectivity index (χ2n) is 9.26. The molecule has 1 aliphatic carbocycles. The van der Waals surface area contributed by atoms with Crippen molar-refractivity contribution in [3.8, 4) is 0 Å². The number of carbonyl (C=O) groups is 4. The highest BCUT2D eigenvalue weighted by atomic mass is 32.1. The van der Waals surface area contributed by atoms with Gasteiger partial charge < -0.3 is 15.0 Å². The van der Waals surface area contributed by atoms with Crippen LogP contribution >= 0.6 is 11.3 Å². The number of likely N-dealkylation sites (N-methyl/N-ethyl adjacent to an activating group) is 1. The number of hydrogen-bond acceptors (Lipinski definition) is 7. The summed E-state index contributed by atoms with van der Waals surface area (Å²) < 4.78 is 5.28. The van der Waals surface area contributed by atoms with Crippen molar-refractivity contribution in [1.82, 2.24) is 14.8 Å². The Kier molecular flexibility index (Phi) is 7.20. The second kappa shape index (κ2) is 10.2. The number of imide groups is 1. The second-order valence-corrected chi connectivity index (χ2v) is 10.2. The third-order valence-corrected chi connectivity index (χ3v) is 7.63. The molecule has 2 aromatic rings. The molecule has 1 saturated carbocycles. The Bertz CT molecular complexity index is 1150. The fourth-order valence-electron chi connectivity index (χ4n) is 4.70. The highest BCUT2D eigenvalue weighted by molar-refractivity contribution is 7.09. The molecule has 9 nitrogen and oxygen atoms in total. The first-order chi connectivity index (χ1) is 16.7. The number of aryl methyl sites for hydroxylation is 2. The molecule has 1 saturated heterocycles. The summed E-state index contributed by atoms with van der Waals surface area (Å²) in [7, 11) is 1.63. The van der Waals surface area contributed by atoms with E-state index in [0.29, 0.717) is 23.5 Å². The lowest BCUT2D eigenvalue weighted by atomic mass is 9.81. The summed E-state index contributed by atoms with van der Waals surface area (Å²) in [6.07, 6.45) is 4.17. The van der Waals surface area contributed by atoms with Gasteiger partial charge in [0, 0.05) is 18.1 Å². The van der Waals surface area contributed by atoms with Crippen molar-refractivity contribution in [2.24, 2.45) is 0 Å². The molecule has 0 atom stereocenters. The molecule has 0 radical (unpaired) electrons. The Morgan fingerprint density at radius 1 is 1.17 bits per heavy atom. The summed E-state index contributed by atoms with van der Waals surface area (Å²) in [5.74, 6) is -1.16. The normalized spacial score (nSPS) is 17.2. The predicted molar refractivity (Wildman–Crippen MR) is 131 cm³/mol. The van der Waals surface area contributed by atoms with Gasteiger partial charge >= 0.3 is 12.0 Å². The van der Waals surface area contributed by atoms with E-state index in [4.69, 9.17) is 4.74 Å². The Morgan fingerprint density at radius 2 is 1.91 bits per heavy atom. The molecule has 0 unspecified atom stereocenters. The molecule has 1 aromatic carbocycles. The number of esters is 1. The van der Waals surface area contributed by atoms with Crippen LogP contribution in [0.15, 0.2) is 23.6 Å². The van der Waals surface area contributed by atoms with Gasteiger partial charge in [0.2, 0.25) is 5.91 Å². The standard InChI is InChI=1S/C25H30N4O5S/c1-16-7-8-17(2)19(11-16)27-20(30)12-21-26-18(15-35-21)14-34-22(31)13-29-23(32)25(28(3)24(29)33)9-5-4-6-10-25/h7-8,11,15H,4-6,9-10,12-14H2,1-3H3,(H,27,30). The largest absolute Gasteiger partial charge is 0.458 e. The molecule has 4 amide bonds. The molecule has 35 heavy (non-hydrogen) atoms. The molecule has 10 heteroatoms. The molecular weight excluding hydrogens is 468 g/mol. The van der Waals surface area contributed by atoms with E-state index in [9.17, 15) is 19.2 Å². The topological polar surface area (TPSA) is 109 Å². The molecule has 2 aliphatic rings. The van der Waals surface area contributed by atoms with E-state index in [1.807, 2.05) is 32.0 Å². The van der Waals surface area contributed by atoms with Gasteiger partial charge in [0.15, 0.2) is 0 Å². The number of benzene rings is 1. The lowest BCUT2D eigenvalue weighted by Crippen LogP contribution is -2.49. The molecule has 1 aliphatic heterocycles. The van der Waals surface area contributed by atoms with Gasteiger partial charge in [-0.2, -0.15) is 0 Å². The van der Waals surface area contributed by atoms with E-state index in [1.165, 1.54) is 16.2 Å². The number of rotatable bonds is 7.